The number of benzene rings is 2. The van der Waals surface area contributed by atoms with Crippen LogP contribution in [0, 0.1) is 6.92 Å². The van der Waals surface area contributed by atoms with Crippen molar-refractivity contribution in [3.63, 3.8) is 0 Å². The summed E-state index contributed by atoms with van der Waals surface area (Å²) < 4.78 is 1.20. The van der Waals surface area contributed by atoms with Gasteiger partial charge in [-0.05, 0) is 0 Å². The molecule has 1 amide bonds. The van der Waals surface area contributed by atoms with E-state index in [0.717, 1.165) is 20.1 Å². The SMILES string of the molecule is CC(=O)Nc1c([Te]C(C)=O)ccc2cc(C)ccc12. The average molecular weight is 369 g/mol. The fourth-order valence-electron chi connectivity index (χ4n) is 1.97. The Labute approximate surface area is 122 Å². The number of carbonyl (C=O) groups excluding carboxylic acids is 2. The molecule has 0 radical (unpaired) electrons. The van der Waals surface area contributed by atoms with Crippen molar-refractivity contribution in [1.29, 1.82) is 0 Å². The fraction of sp³-hybridized carbons (Fsp3) is 0.200. The molecule has 0 saturated heterocycles. The maximum absolute atomic E-state index is 11.4. The summed E-state index contributed by atoms with van der Waals surface area (Å²) in [6.07, 6.45) is 0. The van der Waals surface area contributed by atoms with Crippen molar-refractivity contribution >= 4 is 50.7 Å². The first kappa shape index (κ1) is 14.0. The molecule has 0 aliphatic carbocycles. The molecule has 0 bridgehead atoms. The Bertz CT molecular complexity index is 664. The topological polar surface area (TPSA) is 46.2 Å². The van der Waals surface area contributed by atoms with Crippen molar-refractivity contribution in [2.75, 3.05) is 5.32 Å². The molecule has 3 nitrogen and oxygen atoms in total. The summed E-state index contributed by atoms with van der Waals surface area (Å²) in [7, 11) is 0. The molecule has 1 N–H and O–H groups in total. The first-order chi connectivity index (χ1) is 8.97. The summed E-state index contributed by atoms with van der Waals surface area (Å²) in [5, 5.41) is 4.97. The number of fused-ring (bicyclic) bond motifs is 1. The number of hydrogen-bond donors (Lipinski definition) is 1. The van der Waals surface area contributed by atoms with E-state index in [1.807, 2.05) is 31.2 Å². The van der Waals surface area contributed by atoms with E-state index in [4.69, 9.17) is 0 Å². The van der Waals surface area contributed by atoms with Crippen LogP contribution in [-0.4, -0.2) is 30.7 Å². The van der Waals surface area contributed by atoms with Crippen LogP contribution in [0.15, 0.2) is 30.3 Å². The number of amides is 1. The van der Waals surface area contributed by atoms with Crippen molar-refractivity contribution in [1.82, 2.24) is 0 Å². The van der Waals surface area contributed by atoms with E-state index in [1.165, 1.54) is 12.5 Å². The Morgan fingerprint density at radius 1 is 1.11 bits per heavy atom. The van der Waals surface area contributed by atoms with Gasteiger partial charge >= 0.3 is 122 Å². The number of hydrogen-bond acceptors (Lipinski definition) is 2. The molecule has 0 aromatic heterocycles. The quantitative estimate of drug-likeness (QED) is 0.842. The van der Waals surface area contributed by atoms with E-state index in [-0.39, 0.29) is 9.74 Å². The van der Waals surface area contributed by atoms with Gasteiger partial charge in [0.1, 0.15) is 0 Å². The summed E-state index contributed by atoms with van der Waals surface area (Å²) in [5.41, 5.74) is 1.99. The van der Waals surface area contributed by atoms with Crippen LogP contribution in [0.25, 0.3) is 10.8 Å². The zero-order valence-corrected chi connectivity index (χ0v) is 13.4. The fourth-order valence-corrected chi connectivity index (χ4v) is 4.00. The molecular formula is C15H15NO2Te. The molecule has 0 heterocycles. The molecule has 0 aliphatic rings. The Hall–Kier alpha value is -1.37. The third kappa shape index (κ3) is 3.34. The molecule has 98 valence electrons. The van der Waals surface area contributed by atoms with E-state index in [9.17, 15) is 9.59 Å². The zero-order chi connectivity index (χ0) is 14.0. The summed E-state index contributed by atoms with van der Waals surface area (Å²) in [6.45, 7) is 5.14. The van der Waals surface area contributed by atoms with Gasteiger partial charge in [-0.1, -0.05) is 0 Å². The molecule has 0 fully saturated rings. The minimum atomic E-state index is -0.915. The number of aryl methyl sites for hydroxylation is 1. The van der Waals surface area contributed by atoms with Crippen LogP contribution in [0.5, 0.6) is 0 Å². The standard InChI is InChI=1S/C15H15NO2Te/c1-9-4-6-13-12(8-9)5-7-14(19-11(3)18)15(13)16-10(2)17/h4-8H,1-3H3,(H,16,17). The van der Waals surface area contributed by atoms with Gasteiger partial charge in [0.25, 0.3) is 0 Å². The summed E-state index contributed by atoms with van der Waals surface area (Å²) in [5.74, 6) is -0.106. The van der Waals surface area contributed by atoms with Gasteiger partial charge in [0, 0.05) is 0 Å². The van der Waals surface area contributed by atoms with E-state index >= 15 is 0 Å². The maximum atomic E-state index is 11.4. The molecule has 0 atom stereocenters. The van der Waals surface area contributed by atoms with Crippen LogP contribution in [0.3, 0.4) is 0 Å². The monoisotopic (exact) mass is 371 g/mol. The Morgan fingerprint density at radius 3 is 2.47 bits per heavy atom. The minimum absolute atomic E-state index is 0.106. The van der Waals surface area contributed by atoms with Gasteiger partial charge in [-0.25, -0.2) is 0 Å². The predicted octanol–water partition coefficient (Wildman–Crippen LogP) is 1.98. The van der Waals surface area contributed by atoms with Gasteiger partial charge in [-0.3, -0.25) is 0 Å². The van der Waals surface area contributed by atoms with Crippen LogP contribution >= 0.6 is 0 Å². The number of nitrogens with one attached hydrogen (secondary N) is 1. The van der Waals surface area contributed by atoms with Crippen LogP contribution in [0.1, 0.15) is 19.4 Å². The average Bonchev–Trinajstić information content (AvgIpc) is 2.31. The van der Waals surface area contributed by atoms with Crippen molar-refractivity contribution < 1.29 is 9.59 Å². The van der Waals surface area contributed by atoms with Crippen LogP contribution in [0.2, 0.25) is 0 Å². The van der Waals surface area contributed by atoms with Crippen LogP contribution in [-0.2, 0) is 9.59 Å². The number of anilines is 1. The van der Waals surface area contributed by atoms with Gasteiger partial charge < -0.3 is 0 Å². The number of rotatable bonds is 3. The molecule has 0 aliphatic heterocycles. The van der Waals surface area contributed by atoms with Crippen LogP contribution in [0.4, 0.5) is 5.69 Å². The van der Waals surface area contributed by atoms with Crippen molar-refractivity contribution in [3.8, 4) is 0 Å². The van der Waals surface area contributed by atoms with E-state index in [1.54, 1.807) is 6.92 Å². The van der Waals surface area contributed by atoms with Gasteiger partial charge in [-0.2, -0.15) is 0 Å². The Morgan fingerprint density at radius 2 is 1.84 bits per heavy atom. The molecule has 0 unspecified atom stereocenters. The molecule has 2 aromatic carbocycles. The zero-order valence-electron chi connectivity index (χ0n) is 11.1. The second-order valence-corrected chi connectivity index (χ2v) is 7.92. The van der Waals surface area contributed by atoms with Gasteiger partial charge in [0.05, 0.1) is 0 Å². The molecule has 2 aromatic rings. The third-order valence-electron chi connectivity index (χ3n) is 2.69. The molecular weight excluding hydrogens is 354 g/mol. The molecule has 0 spiro atoms. The second-order valence-electron chi connectivity index (χ2n) is 4.44. The van der Waals surface area contributed by atoms with Crippen LogP contribution < -0.4 is 8.93 Å². The van der Waals surface area contributed by atoms with Gasteiger partial charge in [0.2, 0.25) is 0 Å². The van der Waals surface area contributed by atoms with E-state index in [2.05, 4.69) is 11.4 Å². The van der Waals surface area contributed by atoms with Crippen molar-refractivity contribution in [2.45, 2.75) is 20.8 Å². The predicted molar refractivity (Wildman–Crippen MR) is 79.1 cm³/mol. The Balaban J connectivity index is 2.65. The van der Waals surface area contributed by atoms with Crippen molar-refractivity contribution in [2.24, 2.45) is 0 Å². The van der Waals surface area contributed by atoms with E-state index < -0.39 is 20.9 Å². The molecule has 4 heteroatoms. The molecule has 0 saturated carbocycles. The third-order valence-corrected chi connectivity index (χ3v) is 5.11. The number of carbonyl (C=O) groups is 2. The summed E-state index contributed by atoms with van der Waals surface area (Å²) in [4.78, 5) is 22.8. The molecule has 19 heavy (non-hydrogen) atoms. The normalized spacial score (nSPS) is 10.5. The first-order valence-electron chi connectivity index (χ1n) is 5.97. The van der Waals surface area contributed by atoms with Crippen molar-refractivity contribution in [3.05, 3.63) is 35.9 Å². The summed E-state index contributed by atoms with van der Waals surface area (Å²) >= 11 is -0.915. The van der Waals surface area contributed by atoms with Gasteiger partial charge in [0.15, 0.2) is 0 Å². The second kappa shape index (κ2) is 5.73. The van der Waals surface area contributed by atoms with Gasteiger partial charge in [-0.15, -0.1) is 0 Å². The Kier molecular flexibility index (Phi) is 4.24. The molecule has 2 rings (SSSR count). The van der Waals surface area contributed by atoms with E-state index in [0.29, 0.717) is 0 Å². The first-order valence-corrected chi connectivity index (χ1v) is 8.30. The summed E-state index contributed by atoms with van der Waals surface area (Å²) in [6, 6.07) is 10.1.